The van der Waals surface area contributed by atoms with Crippen LogP contribution in [0.15, 0.2) is 48.5 Å². The van der Waals surface area contributed by atoms with E-state index < -0.39 is 12.7 Å². The van der Waals surface area contributed by atoms with E-state index in [0.717, 1.165) is 31.7 Å². The Morgan fingerprint density at radius 2 is 1.72 bits per heavy atom. The van der Waals surface area contributed by atoms with Crippen molar-refractivity contribution in [1.29, 1.82) is 0 Å². The number of methoxy groups -OCH3 is 1. The lowest BCUT2D eigenvalue weighted by molar-refractivity contribution is -0.122. The van der Waals surface area contributed by atoms with Gasteiger partial charge in [0.05, 0.1) is 7.11 Å². The summed E-state index contributed by atoms with van der Waals surface area (Å²) in [5.74, 6) is -0.188. The minimum absolute atomic E-state index is 0.129. The Morgan fingerprint density at radius 3 is 2.34 bits per heavy atom. The maximum absolute atomic E-state index is 13.2. The predicted octanol–water partition coefficient (Wildman–Crippen LogP) is 3.22. The summed E-state index contributed by atoms with van der Waals surface area (Å²) in [5.41, 5.74) is 1.24. The molecular formula is C21H25F2N3O3. The van der Waals surface area contributed by atoms with Crippen molar-refractivity contribution in [3.8, 4) is 11.5 Å². The van der Waals surface area contributed by atoms with Crippen molar-refractivity contribution in [2.24, 2.45) is 0 Å². The Bertz CT molecular complexity index is 812. The number of ether oxygens (including phenoxy) is 2. The van der Waals surface area contributed by atoms with Gasteiger partial charge in [-0.2, -0.15) is 8.78 Å². The number of halogens is 2. The van der Waals surface area contributed by atoms with Crippen LogP contribution < -0.4 is 14.8 Å². The number of nitrogens with zero attached hydrogens (tertiary/aromatic N) is 2. The predicted molar refractivity (Wildman–Crippen MR) is 107 cm³/mol. The van der Waals surface area contributed by atoms with Crippen LogP contribution in [0.5, 0.6) is 11.5 Å². The van der Waals surface area contributed by atoms with E-state index in [1.165, 1.54) is 19.2 Å². The lowest BCUT2D eigenvalue weighted by atomic mass is 10.0. The summed E-state index contributed by atoms with van der Waals surface area (Å²) < 4.78 is 34.9. The Balaban J connectivity index is 1.83. The molecule has 1 amide bonds. The number of alkyl halides is 2. The van der Waals surface area contributed by atoms with E-state index in [4.69, 9.17) is 4.74 Å². The number of hydrogen-bond acceptors (Lipinski definition) is 5. The molecule has 3 rings (SSSR count). The van der Waals surface area contributed by atoms with Crippen molar-refractivity contribution in [2.75, 3.05) is 45.7 Å². The van der Waals surface area contributed by atoms with Crippen molar-refractivity contribution in [1.82, 2.24) is 9.80 Å². The molecule has 0 bridgehead atoms. The van der Waals surface area contributed by atoms with E-state index >= 15 is 0 Å². The van der Waals surface area contributed by atoms with Crippen LogP contribution in [0.4, 0.5) is 14.5 Å². The number of anilines is 1. The molecule has 1 heterocycles. The molecule has 1 aliphatic rings. The molecule has 0 unspecified atom stereocenters. The Hall–Kier alpha value is -2.71. The van der Waals surface area contributed by atoms with E-state index in [9.17, 15) is 13.6 Å². The molecule has 156 valence electrons. The first-order chi connectivity index (χ1) is 14.0. The second kappa shape index (κ2) is 9.67. The van der Waals surface area contributed by atoms with Crippen LogP contribution in [0.2, 0.25) is 0 Å². The summed E-state index contributed by atoms with van der Waals surface area (Å²) in [6.45, 7) is 0.256. The van der Waals surface area contributed by atoms with Crippen LogP contribution in [0.1, 0.15) is 11.6 Å². The topological polar surface area (TPSA) is 54.0 Å². The van der Waals surface area contributed by atoms with Crippen molar-refractivity contribution in [3.05, 3.63) is 54.1 Å². The van der Waals surface area contributed by atoms with E-state index in [-0.39, 0.29) is 17.4 Å². The zero-order valence-corrected chi connectivity index (χ0v) is 16.5. The molecule has 0 aliphatic carbocycles. The highest BCUT2D eigenvalue weighted by Gasteiger charge is 2.30. The van der Waals surface area contributed by atoms with Gasteiger partial charge in [0.1, 0.15) is 6.04 Å². The monoisotopic (exact) mass is 405 g/mol. The van der Waals surface area contributed by atoms with E-state index in [1.54, 1.807) is 6.07 Å². The molecule has 1 saturated heterocycles. The second-order valence-corrected chi connectivity index (χ2v) is 6.89. The first-order valence-electron chi connectivity index (χ1n) is 9.39. The third kappa shape index (κ3) is 5.42. The zero-order chi connectivity index (χ0) is 20.8. The Labute approximate surface area is 169 Å². The smallest absolute Gasteiger partial charge is 0.387 e. The summed E-state index contributed by atoms with van der Waals surface area (Å²) in [6, 6.07) is 13.5. The number of amides is 1. The van der Waals surface area contributed by atoms with Crippen LogP contribution in [-0.2, 0) is 4.79 Å². The Morgan fingerprint density at radius 1 is 1.03 bits per heavy atom. The molecule has 2 aromatic carbocycles. The molecule has 0 radical (unpaired) electrons. The first-order valence-corrected chi connectivity index (χ1v) is 9.39. The van der Waals surface area contributed by atoms with Crippen molar-refractivity contribution >= 4 is 11.6 Å². The van der Waals surface area contributed by atoms with Gasteiger partial charge in [-0.25, -0.2) is 0 Å². The zero-order valence-electron chi connectivity index (χ0n) is 16.5. The van der Waals surface area contributed by atoms with E-state index in [1.807, 2.05) is 30.3 Å². The third-order valence-corrected chi connectivity index (χ3v) is 4.91. The largest absolute Gasteiger partial charge is 0.493 e. The average Bonchev–Trinajstić information content (AvgIpc) is 2.70. The van der Waals surface area contributed by atoms with Gasteiger partial charge >= 0.3 is 6.61 Å². The quantitative estimate of drug-likeness (QED) is 0.767. The maximum atomic E-state index is 13.2. The maximum Gasteiger partial charge on any atom is 0.387 e. The molecule has 1 aliphatic heterocycles. The molecule has 2 aromatic rings. The van der Waals surface area contributed by atoms with Crippen LogP contribution in [-0.4, -0.2) is 62.7 Å². The number of benzene rings is 2. The van der Waals surface area contributed by atoms with Gasteiger partial charge in [0, 0.05) is 37.9 Å². The standard InChI is InChI=1S/C21H25F2N3O3/c1-25-10-12-26(13-11-25)19(15-6-4-3-5-7-15)20(27)24-16-8-9-17(28-2)18(14-16)29-21(22)23/h3-9,14,19,21H,10-13H2,1-2H3,(H,24,27)/t19-/m0/s1. The number of carbonyl (C=O) groups excluding carboxylic acids is 1. The van der Waals surface area contributed by atoms with Crippen LogP contribution in [0.25, 0.3) is 0 Å². The van der Waals surface area contributed by atoms with Crippen LogP contribution >= 0.6 is 0 Å². The van der Waals surface area contributed by atoms with Gasteiger partial charge in [-0.15, -0.1) is 0 Å². The highest BCUT2D eigenvalue weighted by molar-refractivity contribution is 5.95. The molecule has 1 fully saturated rings. The SMILES string of the molecule is COc1ccc(NC(=O)[C@H](c2ccccc2)N2CCN(C)CC2)cc1OC(F)F. The van der Waals surface area contributed by atoms with Gasteiger partial charge in [-0.05, 0) is 24.7 Å². The number of carbonyl (C=O) groups is 1. The van der Waals surface area contributed by atoms with Gasteiger partial charge in [0.15, 0.2) is 11.5 Å². The summed E-state index contributed by atoms with van der Waals surface area (Å²) in [6.07, 6.45) is 0. The number of piperazine rings is 1. The number of likely N-dealkylation sites (N-methyl/N-ethyl adjacent to an activating group) is 1. The van der Waals surface area contributed by atoms with Crippen molar-refractivity contribution in [2.45, 2.75) is 12.7 Å². The fraction of sp³-hybridized carbons (Fsp3) is 0.381. The van der Waals surface area contributed by atoms with Gasteiger partial charge in [-0.1, -0.05) is 30.3 Å². The summed E-state index contributed by atoms with van der Waals surface area (Å²) >= 11 is 0. The highest BCUT2D eigenvalue weighted by Crippen LogP contribution is 2.32. The third-order valence-electron chi connectivity index (χ3n) is 4.91. The van der Waals surface area contributed by atoms with Crippen molar-refractivity contribution in [3.63, 3.8) is 0 Å². The summed E-state index contributed by atoms with van der Waals surface area (Å²) in [5, 5.41) is 2.84. The van der Waals surface area contributed by atoms with Gasteiger partial charge in [0.2, 0.25) is 5.91 Å². The lowest BCUT2D eigenvalue weighted by Crippen LogP contribution is -2.48. The number of rotatable bonds is 7. The average molecular weight is 405 g/mol. The van der Waals surface area contributed by atoms with Crippen LogP contribution in [0.3, 0.4) is 0 Å². The molecule has 0 saturated carbocycles. The molecule has 1 N–H and O–H groups in total. The van der Waals surface area contributed by atoms with Crippen LogP contribution in [0, 0.1) is 0 Å². The normalized spacial score (nSPS) is 16.4. The number of hydrogen-bond donors (Lipinski definition) is 1. The van der Waals surface area contributed by atoms with E-state index in [0.29, 0.717) is 5.69 Å². The summed E-state index contributed by atoms with van der Waals surface area (Å²) in [4.78, 5) is 17.5. The summed E-state index contributed by atoms with van der Waals surface area (Å²) in [7, 11) is 3.42. The van der Waals surface area contributed by atoms with Gasteiger partial charge in [0.25, 0.3) is 0 Å². The van der Waals surface area contributed by atoms with E-state index in [2.05, 4.69) is 26.9 Å². The molecular weight excluding hydrogens is 380 g/mol. The minimum atomic E-state index is -2.99. The molecule has 0 aromatic heterocycles. The molecule has 8 heteroatoms. The molecule has 29 heavy (non-hydrogen) atoms. The molecule has 6 nitrogen and oxygen atoms in total. The highest BCUT2D eigenvalue weighted by atomic mass is 19.3. The van der Waals surface area contributed by atoms with Crippen molar-refractivity contribution < 1.29 is 23.0 Å². The minimum Gasteiger partial charge on any atom is -0.493 e. The first kappa shape index (κ1) is 21.0. The van der Waals surface area contributed by atoms with Gasteiger partial charge < -0.3 is 19.7 Å². The van der Waals surface area contributed by atoms with Gasteiger partial charge in [-0.3, -0.25) is 9.69 Å². The Kier molecular flexibility index (Phi) is 7.00. The lowest BCUT2D eigenvalue weighted by Gasteiger charge is -2.37. The second-order valence-electron chi connectivity index (χ2n) is 6.89. The fourth-order valence-corrected chi connectivity index (χ4v) is 3.40. The molecule has 1 atom stereocenters. The molecule has 0 spiro atoms. The number of nitrogens with one attached hydrogen (secondary N) is 1. The fourth-order valence-electron chi connectivity index (χ4n) is 3.40.